The number of nitrogens with zero attached hydrogens (tertiary/aromatic N) is 1. The molecule has 4 nitrogen and oxygen atoms in total. The highest BCUT2D eigenvalue weighted by atomic mass is 16.5. The summed E-state index contributed by atoms with van der Waals surface area (Å²) in [5.74, 6) is 1.64. The zero-order chi connectivity index (χ0) is 15.7. The summed E-state index contributed by atoms with van der Waals surface area (Å²) >= 11 is 0. The molecule has 0 saturated carbocycles. The molecule has 1 amide bonds. The Hall–Kier alpha value is -1.55. The molecule has 0 spiro atoms. The van der Waals surface area contributed by atoms with Crippen molar-refractivity contribution in [3.8, 4) is 5.75 Å². The third-order valence-corrected chi connectivity index (χ3v) is 5.31. The van der Waals surface area contributed by atoms with Crippen molar-refractivity contribution < 1.29 is 9.53 Å². The Morgan fingerprint density at radius 3 is 2.68 bits per heavy atom. The van der Waals surface area contributed by atoms with Crippen molar-refractivity contribution in [1.29, 1.82) is 0 Å². The van der Waals surface area contributed by atoms with E-state index in [9.17, 15) is 4.79 Å². The molecule has 22 heavy (non-hydrogen) atoms. The highest BCUT2D eigenvalue weighted by Crippen LogP contribution is 2.36. The summed E-state index contributed by atoms with van der Waals surface area (Å²) in [5, 5.41) is 3.33. The van der Waals surface area contributed by atoms with Crippen LogP contribution in [0.2, 0.25) is 0 Å². The second-order valence-electron chi connectivity index (χ2n) is 7.00. The Bertz CT molecular complexity index is 535. The van der Waals surface area contributed by atoms with Gasteiger partial charge in [0.1, 0.15) is 5.75 Å². The standard InChI is InChI=1S/C18H26N2O2/c1-13-10-15(14-4-6-16(22-3)7-5-14)11-20(13)17(21)18(2)8-9-19-12-18/h4-7,13,15,19H,8-12H2,1-3H3/t13-,15-,18+/m1/s1. The van der Waals surface area contributed by atoms with Crippen LogP contribution in [-0.2, 0) is 4.79 Å². The molecule has 1 aromatic rings. The Balaban J connectivity index is 1.72. The number of carbonyl (C=O) groups is 1. The number of benzene rings is 1. The van der Waals surface area contributed by atoms with Crippen molar-refractivity contribution in [3.63, 3.8) is 0 Å². The van der Waals surface area contributed by atoms with E-state index in [1.54, 1.807) is 7.11 Å². The van der Waals surface area contributed by atoms with Gasteiger partial charge in [-0.3, -0.25) is 4.79 Å². The first kappa shape index (κ1) is 15.3. The first-order valence-electron chi connectivity index (χ1n) is 8.19. The molecule has 4 heteroatoms. The molecule has 2 aliphatic heterocycles. The van der Waals surface area contributed by atoms with Gasteiger partial charge in [0.25, 0.3) is 0 Å². The lowest BCUT2D eigenvalue weighted by Crippen LogP contribution is -2.45. The van der Waals surface area contributed by atoms with E-state index in [-0.39, 0.29) is 5.41 Å². The van der Waals surface area contributed by atoms with Crippen LogP contribution in [0.3, 0.4) is 0 Å². The van der Waals surface area contributed by atoms with Crippen molar-refractivity contribution in [2.24, 2.45) is 5.41 Å². The molecule has 2 fully saturated rings. The summed E-state index contributed by atoms with van der Waals surface area (Å²) in [5.41, 5.74) is 1.08. The Morgan fingerprint density at radius 1 is 1.36 bits per heavy atom. The molecule has 0 aromatic heterocycles. The molecule has 1 N–H and O–H groups in total. The van der Waals surface area contributed by atoms with Crippen LogP contribution in [0.15, 0.2) is 24.3 Å². The molecule has 1 aromatic carbocycles. The number of nitrogens with one attached hydrogen (secondary N) is 1. The fourth-order valence-corrected chi connectivity index (χ4v) is 3.78. The fraction of sp³-hybridized carbons (Fsp3) is 0.611. The van der Waals surface area contributed by atoms with Crippen LogP contribution >= 0.6 is 0 Å². The van der Waals surface area contributed by atoms with Gasteiger partial charge in [0.05, 0.1) is 12.5 Å². The number of carbonyl (C=O) groups excluding carboxylic acids is 1. The average molecular weight is 302 g/mol. The summed E-state index contributed by atoms with van der Waals surface area (Å²) in [6.45, 7) is 6.87. The fourth-order valence-electron chi connectivity index (χ4n) is 3.78. The zero-order valence-corrected chi connectivity index (χ0v) is 13.8. The normalized spacial score (nSPS) is 31.5. The van der Waals surface area contributed by atoms with Gasteiger partial charge >= 0.3 is 0 Å². The third kappa shape index (κ3) is 2.72. The molecule has 0 bridgehead atoms. The number of likely N-dealkylation sites (tertiary alicyclic amines) is 1. The lowest BCUT2D eigenvalue weighted by molar-refractivity contribution is -0.140. The van der Waals surface area contributed by atoms with Gasteiger partial charge in [-0.15, -0.1) is 0 Å². The second-order valence-corrected chi connectivity index (χ2v) is 7.00. The average Bonchev–Trinajstić information content (AvgIpc) is 3.14. The van der Waals surface area contributed by atoms with E-state index in [0.29, 0.717) is 17.9 Å². The maximum atomic E-state index is 12.9. The molecule has 2 saturated heterocycles. The van der Waals surface area contributed by atoms with Gasteiger partial charge in [0, 0.05) is 25.0 Å². The molecule has 0 aliphatic carbocycles. The first-order chi connectivity index (χ1) is 10.5. The molecular formula is C18H26N2O2. The van der Waals surface area contributed by atoms with Crippen molar-refractivity contribution >= 4 is 5.91 Å². The molecule has 0 unspecified atom stereocenters. The van der Waals surface area contributed by atoms with E-state index in [4.69, 9.17) is 4.74 Å². The van der Waals surface area contributed by atoms with Gasteiger partial charge in [0.15, 0.2) is 0 Å². The van der Waals surface area contributed by atoms with Crippen LogP contribution < -0.4 is 10.1 Å². The first-order valence-corrected chi connectivity index (χ1v) is 8.19. The van der Waals surface area contributed by atoms with Gasteiger partial charge < -0.3 is 15.0 Å². The highest BCUT2D eigenvalue weighted by Gasteiger charge is 2.43. The van der Waals surface area contributed by atoms with E-state index < -0.39 is 0 Å². The quantitative estimate of drug-likeness (QED) is 0.932. The van der Waals surface area contributed by atoms with Crippen molar-refractivity contribution in [2.75, 3.05) is 26.7 Å². The molecule has 2 heterocycles. The number of methoxy groups -OCH3 is 1. The molecule has 3 rings (SSSR count). The monoisotopic (exact) mass is 302 g/mol. The summed E-state index contributed by atoms with van der Waals surface area (Å²) in [7, 11) is 1.68. The summed E-state index contributed by atoms with van der Waals surface area (Å²) in [4.78, 5) is 15.0. The summed E-state index contributed by atoms with van der Waals surface area (Å²) < 4.78 is 5.22. The minimum atomic E-state index is -0.219. The smallest absolute Gasteiger partial charge is 0.230 e. The topological polar surface area (TPSA) is 41.6 Å². The highest BCUT2D eigenvalue weighted by molar-refractivity contribution is 5.83. The van der Waals surface area contributed by atoms with Gasteiger partial charge in [-0.25, -0.2) is 0 Å². The van der Waals surface area contributed by atoms with E-state index in [1.165, 1.54) is 5.56 Å². The lowest BCUT2D eigenvalue weighted by atomic mass is 9.88. The van der Waals surface area contributed by atoms with E-state index in [0.717, 1.165) is 38.2 Å². The molecule has 3 atom stereocenters. The maximum Gasteiger partial charge on any atom is 0.230 e. The number of ether oxygens (including phenoxy) is 1. The predicted octanol–water partition coefficient (Wildman–Crippen LogP) is 2.40. The van der Waals surface area contributed by atoms with Crippen LogP contribution in [0.25, 0.3) is 0 Å². The molecule has 2 aliphatic rings. The van der Waals surface area contributed by atoms with Crippen LogP contribution in [0.4, 0.5) is 0 Å². The third-order valence-electron chi connectivity index (χ3n) is 5.31. The largest absolute Gasteiger partial charge is 0.497 e. The minimum absolute atomic E-state index is 0.219. The van der Waals surface area contributed by atoms with Crippen molar-refractivity contribution in [2.45, 2.75) is 38.6 Å². The van der Waals surface area contributed by atoms with Gasteiger partial charge in [-0.2, -0.15) is 0 Å². The van der Waals surface area contributed by atoms with E-state index in [1.807, 2.05) is 12.1 Å². The van der Waals surface area contributed by atoms with Gasteiger partial charge in [0.2, 0.25) is 5.91 Å². The number of hydrogen-bond donors (Lipinski definition) is 1. The zero-order valence-electron chi connectivity index (χ0n) is 13.8. The SMILES string of the molecule is COc1ccc([C@@H]2C[C@@H](C)N(C(=O)[C@@]3(C)CCNC3)C2)cc1. The molecular weight excluding hydrogens is 276 g/mol. The number of hydrogen-bond acceptors (Lipinski definition) is 3. The minimum Gasteiger partial charge on any atom is -0.497 e. The van der Waals surface area contributed by atoms with Crippen molar-refractivity contribution in [3.05, 3.63) is 29.8 Å². The van der Waals surface area contributed by atoms with E-state index in [2.05, 4.69) is 36.2 Å². The van der Waals surface area contributed by atoms with Crippen LogP contribution in [0.5, 0.6) is 5.75 Å². The summed E-state index contributed by atoms with van der Waals surface area (Å²) in [6.07, 6.45) is 1.99. The van der Waals surface area contributed by atoms with Crippen LogP contribution in [0, 0.1) is 5.41 Å². The maximum absolute atomic E-state index is 12.9. The molecule has 0 radical (unpaired) electrons. The van der Waals surface area contributed by atoms with Gasteiger partial charge in [-0.1, -0.05) is 12.1 Å². The lowest BCUT2D eigenvalue weighted by Gasteiger charge is -2.31. The van der Waals surface area contributed by atoms with Crippen LogP contribution in [0.1, 0.15) is 38.2 Å². The number of rotatable bonds is 3. The second kappa shape index (κ2) is 5.92. The Morgan fingerprint density at radius 2 is 2.09 bits per heavy atom. The van der Waals surface area contributed by atoms with Gasteiger partial charge in [-0.05, 0) is 50.9 Å². The van der Waals surface area contributed by atoms with Crippen molar-refractivity contribution in [1.82, 2.24) is 10.2 Å². The molecule has 120 valence electrons. The predicted molar refractivity (Wildman–Crippen MR) is 87.1 cm³/mol. The Labute approximate surface area is 132 Å². The van der Waals surface area contributed by atoms with Crippen LogP contribution in [-0.4, -0.2) is 43.6 Å². The van der Waals surface area contributed by atoms with E-state index >= 15 is 0 Å². The summed E-state index contributed by atoms with van der Waals surface area (Å²) in [6, 6.07) is 8.59. The number of amides is 1. The Kier molecular flexibility index (Phi) is 4.13.